The van der Waals surface area contributed by atoms with Crippen LogP contribution in [-0.4, -0.2) is 15.0 Å². The summed E-state index contributed by atoms with van der Waals surface area (Å²) in [5.74, 6) is 0.454. The number of alkyl halides is 1. The Morgan fingerprint density at radius 2 is 2.27 bits per heavy atom. The molecule has 0 unspecified atom stereocenters. The zero-order valence-corrected chi connectivity index (χ0v) is 7.60. The zero-order valence-electron chi connectivity index (χ0n) is 6.84. The van der Waals surface area contributed by atoms with Gasteiger partial charge in [-0.3, -0.25) is 0 Å². The summed E-state index contributed by atoms with van der Waals surface area (Å²) < 4.78 is 1.89. The number of hydrogen-bond acceptors (Lipinski definition) is 2. The molecule has 0 aliphatic heterocycles. The van der Waals surface area contributed by atoms with E-state index in [1.807, 2.05) is 11.6 Å². The second-order valence-corrected chi connectivity index (χ2v) is 2.75. The van der Waals surface area contributed by atoms with Crippen LogP contribution in [0.3, 0.4) is 0 Å². The lowest BCUT2D eigenvalue weighted by atomic mass is 10.3. The van der Waals surface area contributed by atoms with Crippen LogP contribution >= 0.6 is 11.6 Å². The fourth-order valence-corrected chi connectivity index (χ4v) is 1.19. The summed E-state index contributed by atoms with van der Waals surface area (Å²) in [6.07, 6.45) is 1.08. The van der Waals surface area contributed by atoms with Gasteiger partial charge in [-0.15, -0.1) is 16.7 Å². The Kier molecular flexibility index (Phi) is 2.88. The molecule has 4 heteroatoms. The molecular formula is C7H12ClN3. The smallest absolute Gasteiger partial charge is 0.100 e. The predicted molar refractivity (Wildman–Crippen MR) is 44.6 cm³/mol. The first-order chi connectivity index (χ1) is 5.29. The molecule has 0 amide bonds. The normalized spacial score (nSPS) is 10.5. The average Bonchev–Trinajstić information content (AvgIpc) is 2.34. The second kappa shape index (κ2) is 3.72. The molecule has 0 spiro atoms. The van der Waals surface area contributed by atoms with Gasteiger partial charge in [0.15, 0.2) is 0 Å². The lowest BCUT2D eigenvalue weighted by molar-refractivity contribution is 0.566. The first-order valence-electron chi connectivity index (χ1n) is 3.74. The molecule has 1 rings (SSSR count). The van der Waals surface area contributed by atoms with Gasteiger partial charge in [-0.05, 0) is 13.3 Å². The summed E-state index contributed by atoms with van der Waals surface area (Å²) in [4.78, 5) is 0. The van der Waals surface area contributed by atoms with Crippen molar-refractivity contribution in [1.29, 1.82) is 0 Å². The van der Waals surface area contributed by atoms with E-state index < -0.39 is 0 Å². The first-order valence-corrected chi connectivity index (χ1v) is 4.28. The lowest BCUT2D eigenvalue weighted by Gasteiger charge is -1.98. The average molecular weight is 174 g/mol. The molecule has 0 atom stereocenters. The van der Waals surface area contributed by atoms with Crippen molar-refractivity contribution in [2.24, 2.45) is 0 Å². The van der Waals surface area contributed by atoms with Crippen LogP contribution in [0.5, 0.6) is 0 Å². The van der Waals surface area contributed by atoms with Gasteiger partial charge in [0.2, 0.25) is 0 Å². The van der Waals surface area contributed by atoms with Crippen LogP contribution in [0, 0.1) is 6.92 Å². The van der Waals surface area contributed by atoms with Crippen molar-refractivity contribution in [1.82, 2.24) is 15.0 Å². The lowest BCUT2D eigenvalue weighted by Crippen LogP contribution is -2.01. The molecule has 0 radical (unpaired) electrons. The van der Waals surface area contributed by atoms with Gasteiger partial charge in [0, 0.05) is 6.54 Å². The van der Waals surface area contributed by atoms with Crippen LogP contribution in [0.25, 0.3) is 0 Å². The van der Waals surface area contributed by atoms with Gasteiger partial charge in [0.05, 0.1) is 11.6 Å². The minimum atomic E-state index is 0.454. The van der Waals surface area contributed by atoms with E-state index in [0.717, 1.165) is 24.4 Å². The van der Waals surface area contributed by atoms with Gasteiger partial charge in [-0.1, -0.05) is 12.1 Å². The van der Waals surface area contributed by atoms with Gasteiger partial charge >= 0.3 is 0 Å². The molecule has 3 nitrogen and oxygen atoms in total. The van der Waals surface area contributed by atoms with E-state index in [0.29, 0.717) is 5.88 Å². The summed E-state index contributed by atoms with van der Waals surface area (Å²) in [5.41, 5.74) is 1.97. The van der Waals surface area contributed by atoms with Gasteiger partial charge in [-0.25, -0.2) is 4.68 Å². The number of halogens is 1. The van der Waals surface area contributed by atoms with Gasteiger partial charge in [0.25, 0.3) is 0 Å². The monoisotopic (exact) mass is 173 g/mol. The fraction of sp³-hybridized carbons (Fsp3) is 0.714. The molecule has 1 aromatic heterocycles. The number of hydrogen-bond donors (Lipinski definition) is 0. The Hall–Kier alpha value is -0.570. The van der Waals surface area contributed by atoms with Crippen LogP contribution in [0.2, 0.25) is 0 Å². The maximum atomic E-state index is 5.63. The Morgan fingerprint density at radius 3 is 2.73 bits per heavy atom. The first kappa shape index (κ1) is 8.53. The predicted octanol–water partition coefficient (Wildman–Crippen LogP) is 1.74. The highest BCUT2D eigenvalue weighted by atomic mass is 35.5. The summed E-state index contributed by atoms with van der Waals surface area (Å²) in [5, 5.41) is 7.89. The van der Waals surface area contributed by atoms with Crippen molar-refractivity contribution < 1.29 is 0 Å². The van der Waals surface area contributed by atoms with Gasteiger partial charge in [-0.2, -0.15) is 0 Å². The van der Waals surface area contributed by atoms with Crippen LogP contribution in [0.15, 0.2) is 0 Å². The highest BCUT2D eigenvalue weighted by molar-refractivity contribution is 6.16. The standard InChI is InChI=1S/C7H12ClN3/c1-3-4-11-6(2)7(5-8)9-10-11/h3-5H2,1-2H3. The third kappa shape index (κ3) is 1.71. The molecule has 1 aromatic rings. The molecule has 0 fully saturated rings. The molecule has 0 aliphatic rings. The molecule has 0 bridgehead atoms. The van der Waals surface area contributed by atoms with E-state index in [4.69, 9.17) is 11.6 Å². The minimum absolute atomic E-state index is 0.454. The van der Waals surface area contributed by atoms with Crippen LogP contribution < -0.4 is 0 Å². The van der Waals surface area contributed by atoms with Crippen molar-refractivity contribution >= 4 is 11.6 Å². The molecule has 11 heavy (non-hydrogen) atoms. The second-order valence-electron chi connectivity index (χ2n) is 2.48. The third-order valence-corrected chi connectivity index (χ3v) is 1.89. The quantitative estimate of drug-likeness (QED) is 0.652. The van der Waals surface area contributed by atoms with E-state index in [1.54, 1.807) is 0 Å². The minimum Gasteiger partial charge on any atom is -0.249 e. The van der Waals surface area contributed by atoms with E-state index in [9.17, 15) is 0 Å². The van der Waals surface area contributed by atoms with Crippen molar-refractivity contribution in [3.05, 3.63) is 11.4 Å². The highest BCUT2D eigenvalue weighted by Crippen LogP contribution is 2.06. The van der Waals surface area contributed by atoms with Crippen LogP contribution in [0.4, 0.5) is 0 Å². The van der Waals surface area contributed by atoms with E-state index in [1.165, 1.54) is 0 Å². The Labute approximate surface area is 71.4 Å². The molecule has 0 saturated heterocycles. The number of rotatable bonds is 3. The van der Waals surface area contributed by atoms with Crippen molar-refractivity contribution in [2.75, 3.05) is 0 Å². The number of aryl methyl sites for hydroxylation is 1. The summed E-state index contributed by atoms with van der Waals surface area (Å²) in [7, 11) is 0. The van der Waals surface area contributed by atoms with Crippen LogP contribution in [0.1, 0.15) is 24.7 Å². The van der Waals surface area contributed by atoms with Crippen molar-refractivity contribution in [3.8, 4) is 0 Å². The molecule has 62 valence electrons. The zero-order chi connectivity index (χ0) is 8.27. The van der Waals surface area contributed by atoms with Crippen LogP contribution in [-0.2, 0) is 12.4 Å². The number of aromatic nitrogens is 3. The Bertz CT molecular complexity index is 232. The van der Waals surface area contributed by atoms with E-state index in [-0.39, 0.29) is 0 Å². The Balaban J connectivity index is 2.82. The maximum absolute atomic E-state index is 5.63. The molecular weight excluding hydrogens is 162 g/mol. The van der Waals surface area contributed by atoms with Crippen molar-refractivity contribution in [3.63, 3.8) is 0 Å². The number of nitrogens with zero attached hydrogens (tertiary/aromatic N) is 3. The maximum Gasteiger partial charge on any atom is 0.100 e. The largest absolute Gasteiger partial charge is 0.249 e. The SMILES string of the molecule is CCCn1nnc(CCl)c1C. The highest BCUT2D eigenvalue weighted by Gasteiger charge is 2.04. The van der Waals surface area contributed by atoms with E-state index in [2.05, 4.69) is 17.2 Å². The molecule has 0 N–H and O–H groups in total. The fourth-order valence-electron chi connectivity index (χ4n) is 0.944. The van der Waals surface area contributed by atoms with Gasteiger partial charge < -0.3 is 0 Å². The van der Waals surface area contributed by atoms with Crippen molar-refractivity contribution in [2.45, 2.75) is 32.7 Å². The molecule has 0 saturated carbocycles. The topological polar surface area (TPSA) is 30.7 Å². The molecule has 1 heterocycles. The summed E-state index contributed by atoms with van der Waals surface area (Å²) in [6.45, 7) is 5.03. The Morgan fingerprint density at radius 1 is 1.55 bits per heavy atom. The van der Waals surface area contributed by atoms with Gasteiger partial charge in [0.1, 0.15) is 5.69 Å². The molecule has 0 aromatic carbocycles. The van der Waals surface area contributed by atoms with E-state index >= 15 is 0 Å². The summed E-state index contributed by atoms with van der Waals surface area (Å²) in [6, 6.07) is 0. The molecule has 0 aliphatic carbocycles. The summed E-state index contributed by atoms with van der Waals surface area (Å²) >= 11 is 5.63. The third-order valence-electron chi connectivity index (χ3n) is 1.64.